The molecule has 0 unspecified atom stereocenters. The minimum absolute atomic E-state index is 0.333. The van der Waals surface area contributed by atoms with Gasteiger partial charge in [0.15, 0.2) is 0 Å². The van der Waals surface area contributed by atoms with Crippen LogP contribution in [0.2, 0.25) is 0 Å². The maximum absolute atomic E-state index is 5.40. The van der Waals surface area contributed by atoms with Crippen LogP contribution in [0.25, 0.3) is 5.95 Å². The Bertz CT molecular complexity index is 609. The van der Waals surface area contributed by atoms with Gasteiger partial charge in [0, 0.05) is 12.7 Å². The van der Waals surface area contributed by atoms with Crippen LogP contribution >= 0.6 is 0 Å². The highest BCUT2D eigenvalue weighted by Gasteiger charge is 2.18. The number of fused-ring (bicyclic) bond motifs is 1. The zero-order valence-corrected chi connectivity index (χ0v) is 11.8. The summed E-state index contributed by atoms with van der Waals surface area (Å²) in [4.78, 5) is 17.4. The molecule has 0 spiro atoms. The van der Waals surface area contributed by atoms with Crippen LogP contribution < -0.4 is 10.1 Å². The van der Waals surface area contributed by atoms with Crippen molar-refractivity contribution in [3.63, 3.8) is 0 Å². The predicted molar refractivity (Wildman–Crippen MR) is 74.3 cm³/mol. The molecule has 0 aliphatic heterocycles. The quantitative estimate of drug-likeness (QED) is 0.907. The molecule has 2 aromatic rings. The Morgan fingerprint density at radius 3 is 2.90 bits per heavy atom. The first-order valence-corrected chi connectivity index (χ1v) is 6.94. The van der Waals surface area contributed by atoms with Crippen molar-refractivity contribution in [2.75, 3.05) is 19.0 Å². The van der Waals surface area contributed by atoms with Gasteiger partial charge in [0.2, 0.25) is 11.9 Å². The molecule has 1 N–H and O–H groups in total. The van der Waals surface area contributed by atoms with E-state index in [9.17, 15) is 0 Å². The Balaban J connectivity index is 2.04. The molecule has 0 aromatic carbocycles. The molecule has 2 aromatic heterocycles. The number of nitrogens with zero attached hydrogens (tertiary/aromatic N) is 5. The molecule has 7 nitrogen and oxygen atoms in total. The number of rotatable bonds is 4. The van der Waals surface area contributed by atoms with E-state index >= 15 is 0 Å². The number of hydrogen-bond acceptors (Lipinski definition) is 6. The fraction of sp³-hybridized carbons (Fsp3) is 0.538. The number of anilines is 1. The van der Waals surface area contributed by atoms with Crippen LogP contribution in [0.4, 0.5) is 5.95 Å². The van der Waals surface area contributed by atoms with Gasteiger partial charge in [-0.15, -0.1) is 0 Å². The Hall–Kier alpha value is -2.18. The fourth-order valence-electron chi connectivity index (χ4n) is 2.40. The second-order valence-electron chi connectivity index (χ2n) is 4.64. The summed E-state index contributed by atoms with van der Waals surface area (Å²) in [6.45, 7) is 2.43. The molecule has 0 saturated carbocycles. The number of ether oxygens (including phenoxy) is 1. The summed E-state index contributed by atoms with van der Waals surface area (Å²) in [5, 5.41) is 2.93. The van der Waals surface area contributed by atoms with Crippen molar-refractivity contribution in [3.05, 3.63) is 17.7 Å². The number of imidazole rings is 1. The Morgan fingerprint density at radius 1 is 1.25 bits per heavy atom. The molecule has 0 saturated heterocycles. The molecule has 3 rings (SSSR count). The highest BCUT2D eigenvalue weighted by molar-refractivity contribution is 5.32. The third-order valence-corrected chi connectivity index (χ3v) is 3.35. The number of aryl methyl sites for hydroxylation is 1. The lowest BCUT2D eigenvalue weighted by Crippen LogP contribution is -2.12. The largest absolute Gasteiger partial charge is 0.464 e. The maximum atomic E-state index is 5.40. The Morgan fingerprint density at radius 2 is 2.10 bits per heavy atom. The van der Waals surface area contributed by atoms with Gasteiger partial charge in [-0.05, 0) is 32.6 Å². The molecule has 20 heavy (non-hydrogen) atoms. The SMILES string of the molecule is CCOc1nc(NC)nc(-n2cnc3c2CCCC3)n1. The van der Waals surface area contributed by atoms with Crippen molar-refractivity contribution in [1.82, 2.24) is 24.5 Å². The van der Waals surface area contributed by atoms with Gasteiger partial charge in [-0.25, -0.2) is 4.98 Å². The van der Waals surface area contributed by atoms with Crippen molar-refractivity contribution in [1.29, 1.82) is 0 Å². The first-order chi connectivity index (χ1) is 9.81. The van der Waals surface area contributed by atoms with Crippen LogP contribution in [0.1, 0.15) is 31.2 Å². The lowest BCUT2D eigenvalue weighted by Gasteiger charge is -2.13. The molecule has 2 heterocycles. The minimum Gasteiger partial charge on any atom is -0.464 e. The normalized spacial score (nSPS) is 13.9. The second kappa shape index (κ2) is 5.44. The molecule has 0 radical (unpaired) electrons. The van der Waals surface area contributed by atoms with Gasteiger partial charge in [0.05, 0.1) is 12.3 Å². The molecule has 0 atom stereocenters. The molecule has 7 heteroatoms. The molecular formula is C13H18N6O. The monoisotopic (exact) mass is 274 g/mol. The summed E-state index contributed by atoms with van der Waals surface area (Å²) in [5.74, 6) is 1.06. The van der Waals surface area contributed by atoms with Gasteiger partial charge in [0.25, 0.3) is 0 Å². The molecule has 106 valence electrons. The van der Waals surface area contributed by atoms with Crippen molar-refractivity contribution in [3.8, 4) is 12.0 Å². The number of nitrogens with one attached hydrogen (secondary N) is 1. The maximum Gasteiger partial charge on any atom is 0.323 e. The van der Waals surface area contributed by atoms with Gasteiger partial charge in [-0.2, -0.15) is 15.0 Å². The number of hydrogen-bond donors (Lipinski definition) is 1. The Labute approximate surface area is 117 Å². The highest BCUT2D eigenvalue weighted by atomic mass is 16.5. The van der Waals surface area contributed by atoms with E-state index in [4.69, 9.17) is 4.74 Å². The van der Waals surface area contributed by atoms with E-state index in [1.165, 1.54) is 18.5 Å². The van der Waals surface area contributed by atoms with Crippen molar-refractivity contribution >= 4 is 5.95 Å². The van der Waals surface area contributed by atoms with Gasteiger partial charge < -0.3 is 10.1 Å². The molecular weight excluding hydrogens is 256 g/mol. The van der Waals surface area contributed by atoms with Crippen LogP contribution in [0.3, 0.4) is 0 Å². The smallest absolute Gasteiger partial charge is 0.323 e. The van der Waals surface area contributed by atoms with Gasteiger partial charge in [-0.3, -0.25) is 4.57 Å². The third kappa shape index (κ3) is 2.31. The van der Waals surface area contributed by atoms with E-state index in [2.05, 4.69) is 25.3 Å². The molecule has 1 aliphatic rings. The first kappa shape index (κ1) is 12.8. The molecule has 0 amide bonds. The van der Waals surface area contributed by atoms with Crippen LogP contribution in [-0.4, -0.2) is 38.2 Å². The topological polar surface area (TPSA) is 77.8 Å². The highest BCUT2D eigenvalue weighted by Crippen LogP contribution is 2.22. The van der Waals surface area contributed by atoms with E-state index in [-0.39, 0.29) is 0 Å². The summed E-state index contributed by atoms with van der Waals surface area (Å²) in [6, 6.07) is 0.333. The fourth-order valence-corrected chi connectivity index (χ4v) is 2.40. The standard InChI is InChI=1S/C13H18N6O/c1-3-20-13-17-11(14-2)16-12(18-13)19-8-15-9-6-4-5-7-10(9)19/h8H,3-7H2,1-2H3,(H,14,16,17,18). The van der Waals surface area contributed by atoms with Crippen LogP contribution in [0, 0.1) is 0 Å². The minimum atomic E-state index is 0.333. The second-order valence-corrected chi connectivity index (χ2v) is 4.64. The summed E-state index contributed by atoms with van der Waals surface area (Å²) in [5.41, 5.74) is 2.35. The van der Waals surface area contributed by atoms with E-state index in [0.717, 1.165) is 18.5 Å². The van der Waals surface area contributed by atoms with Crippen molar-refractivity contribution in [2.45, 2.75) is 32.6 Å². The average molecular weight is 274 g/mol. The van der Waals surface area contributed by atoms with Gasteiger partial charge >= 0.3 is 6.01 Å². The average Bonchev–Trinajstić information content (AvgIpc) is 2.91. The van der Waals surface area contributed by atoms with Gasteiger partial charge in [0.1, 0.15) is 6.33 Å². The summed E-state index contributed by atoms with van der Waals surface area (Å²) in [7, 11) is 1.78. The van der Waals surface area contributed by atoms with E-state index < -0.39 is 0 Å². The van der Waals surface area contributed by atoms with Gasteiger partial charge in [-0.1, -0.05) is 0 Å². The van der Waals surface area contributed by atoms with Crippen LogP contribution in [0.15, 0.2) is 6.33 Å². The third-order valence-electron chi connectivity index (χ3n) is 3.35. The first-order valence-electron chi connectivity index (χ1n) is 6.94. The lowest BCUT2D eigenvalue weighted by molar-refractivity contribution is 0.311. The zero-order valence-electron chi connectivity index (χ0n) is 11.8. The van der Waals surface area contributed by atoms with E-state index in [0.29, 0.717) is 24.5 Å². The lowest BCUT2D eigenvalue weighted by atomic mass is 10.0. The number of aromatic nitrogens is 5. The Kier molecular flexibility index (Phi) is 3.49. The van der Waals surface area contributed by atoms with Crippen LogP contribution in [0.5, 0.6) is 6.01 Å². The summed E-state index contributed by atoms with van der Waals surface area (Å²) in [6.07, 6.45) is 6.22. The summed E-state index contributed by atoms with van der Waals surface area (Å²) < 4.78 is 7.34. The van der Waals surface area contributed by atoms with Crippen LogP contribution in [-0.2, 0) is 12.8 Å². The molecule has 0 fully saturated rings. The van der Waals surface area contributed by atoms with Crippen molar-refractivity contribution < 1.29 is 4.74 Å². The van der Waals surface area contributed by atoms with E-state index in [1.807, 2.05) is 11.5 Å². The van der Waals surface area contributed by atoms with E-state index in [1.54, 1.807) is 13.4 Å². The van der Waals surface area contributed by atoms with Crippen molar-refractivity contribution in [2.24, 2.45) is 0 Å². The molecule has 0 bridgehead atoms. The zero-order chi connectivity index (χ0) is 13.9. The molecule has 1 aliphatic carbocycles. The predicted octanol–water partition coefficient (Wildman–Crippen LogP) is 1.38. The summed E-state index contributed by atoms with van der Waals surface area (Å²) >= 11 is 0.